The Morgan fingerprint density at radius 1 is 1.27 bits per heavy atom. The third-order valence-electron chi connectivity index (χ3n) is 4.31. The van der Waals surface area contributed by atoms with Gasteiger partial charge in [0.05, 0.1) is 5.56 Å². The zero-order valence-electron chi connectivity index (χ0n) is 15.7. The van der Waals surface area contributed by atoms with Crippen LogP contribution in [0.15, 0.2) is 57.3 Å². The third kappa shape index (κ3) is 4.57. The molecule has 0 radical (unpaired) electrons. The van der Waals surface area contributed by atoms with E-state index in [1.807, 2.05) is 0 Å². The van der Waals surface area contributed by atoms with E-state index in [0.29, 0.717) is 5.56 Å². The molecule has 12 heteroatoms. The summed E-state index contributed by atoms with van der Waals surface area (Å²) in [6.07, 6.45) is -2.26. The highest BCUT2D eigenvalue weighted by atomic mass is 16.6. The number of carbonyl (C=O) groups is 2. The number of carbonyl (C=O) groups excluding carboxylic acids is 2. The van der Waals surface area contributed by atoms with E-state index in [9.17, 15) is 19.2 Å². The first-order chi connectivity index (χ1) is 14.4. The van der Waals surface area contributed by atoms with Gasteiger partial charge in [-0.25, -0.2) is 9.59 Å². The number of hydrogen-bond acceptors (Lipinski definition) is 8. The largest absolute Gasteiger partial charge is 0.459 e. The zero-order chi connectivity index (χ0) is 21.7. The maximum Gasteiger partial charge on any atom is 0.338 e. The quantitative estimate of drug-likeness (QED) is 0.317. The van der Waals surface area contributed by atoms with Crippen molar-refractivity contribution in [2.75, 3.05) is 6.61 Å². The SMILES string of the molecule is CC(=O)OC1C(N=[N+]=[N-])C(COC(=O)c2ccccc2)OC1n1ccc(=O)[nH]c1=O. The summed E-state index contributed by atoms with van der Waals surface area (Å²) in [7, 11) is 0. The molecule has 1 fully saturated rings. The van der Waals surface area contributed by atoms with Gasteiger partial charge < -0.3 is 14.2 Å². The molecule has 1 aromatic carbocycles. The number of nitrogens with zero attached hydrogens (tertiary/aromatic N) is 4. The van der Waals surface area contributed by atoms with Crippen molar-refractivity contribution >= 4 is 11.9 Å². The lowest BCUT2D eigenvalue weighted by Crippen LogP contribution is -2.39. The Bertz CT molecular complexity index is 1090. The molecular formula is C18H17N5O7. The predicted octanol–water partition coefficient (Wildman–Crippen LogP) is 0.902. The van der Waals surface area contributed by atoms with E-state index in [0.717, 1.165) is 23.8 Å². The van der Waals surface area contributed by atoms with Crippen molar-refractivity contribution in [3.8, 4) is 0 Å². The second kappa shape index (κ2) is 9.07. The minimum absolute atomic E-state index is 0.306. The van der Waals surface area contributed by atoms with Crippen molar-refractivity contribution in [1.29, 1.82) is 0 Å². The van der Waals surface area contributed by atoms with Gasteiger partial charge in [0.2, 0.25) is 0 Å². The fourth-order valence-corrected chi connectivity index (χ4v) is 3.04. The van der Waals surface area contributed by atoms with Gasteiger partial charge in [-0.05, 0) is 17.7 Å². The van der Waals surface area contributed by atoms with Gasteiger partial charge in [-0.15, -0.1) is 0 Å². The van der Waals surface area contributed by atoms with E-state index in [-0.39, 0.29) is 6.61 Å². The number of benzene rings is 1. The van der Waals surface area contributed by atoms with Gasteiger partial charge in [0.25, 0.3) is 5.56 Å². The van der Waals surface area contributed by atoms with Gasteiger partial charge in [0.1, 0.15) is 18.8 Å². The fourth-order valence-electron chi connectivity index (χ4n) is 3.04. The lowest BCUT2D eigenvalue weighted by atomic mass is 10.1. The summed E-state index contributed by atoms with van der Waals surface area (Å²) in [6, 6.07) is 8.19. The summed E-state index contributed by atoms with van der Waals surface area (Å²) in [5.41, 5.74) is 7.80. The summed E-state index contributed by atoms with van der Waals surface area (Å²) >= 11 is 0. The van der Waals surface area contributed by atoms with Crippen LogP contribution in [0.5, 0.6) is 0 Å². The van der Waals surface area contributed by atoms with Gasteiger partial charge >= 0.3 is 17.6 Å². The molecule has 30 heavy (non-hydrogen) atoms. The molecule has 0 saturated carbocycles. The Morgan fingerprint density at radius 3 is 2.63 bits per heavy atom. The highest BCUT2D eigenvalue weighted by Crippen LogP contribution is 2.33. The molecule has 1 N–H and O–H groups in total. The van der Waals surface area contributed by atoms with Gasteiger partial charge in [-0.1, -0.05) is 23.3 Å². The van der Waals surface area contributed by atoms with Crippen LogP contribution in [0.3, 0.4) is 0 Å². The van der Waals surface area contributed by atoms with Crippen molar-refractivity contribution in [3.63, 3.8) is 0 Å². The van der Waals surface area contributed by atoms with Crippen LogP contribution < -0.4 is 11.2 Å². The molecule has 3 rings (SSSR count). The summed E-state index contributed by atoms with van der Waals surface area (Å²) in [5, 5.41) is 3.61. The van der Waals surface area contributed by atoms with Crippen LogP contribution >= 0.6 is 0 Å². The van der Waals surface area contributed by atoms with Crippen molar-refractivity contribution in [3.05, 3.63) is 79.4 Å². The molecule has 0 amide bonds. The molecule has 0 spiro atoms. The monoisotopic (exact) mass is 415 g/mol. The van der Waals surface area contributed by atoms with Crippen molar-refractivity contribution in [1.82, 2.24) is 9.55 Å². The molecule has 0 aliphatic carbocycles. The van der Waals surface area contributed by atoms with Gasteiger partial charge in [0.15, 0.2) is 12.3 Å². The van der Waals surface area contributed by atoms with Crippen LogP contribution in [-0.2, 0) is 19.0 Å². The maximum absolute atomic E-state index is 12.2. The lowest BCUT2D eigenvalue weighted by Gasteiger charge is -2.21. The minimum Gasteiger partial charge on any atom is -0.459 e. The van der Waals surface area contributed by atoms with Crippen LogP contribution in [0.1, 0.15) is 23.5 Å². The number of nitrogens with one attached hydrogen (secondary N) is 1. The Balaban J connectivity index is 1.87. The van der Waals surface area contributed by atoms with E-state index in [4.69, 9.17) is 19.7 Å². The number of esters is 2. The number of aromatic nitrogens is 2. The topological polar surface area (TPSA) is 165 Å². The van der Waals surface area contributed by atoms with Crippen LogP contribution in [0.4, 0.5) is 0 Å². The molecular weight excluding hydrogens is 398 g/mol. The molecule has 12 nitrogen and oxygen atoms in total. The normalized spacial score (nSPS) is 22.7. The van der Waals surface area contributed by atoms with Crippen LogP contribution in [0.25, 0.3) is 10.4 Å². The second-order valence-electron chi connectivity index (χ2n) is 6.32. The Hall–Kier alpha value is -3.89. The van der Waals surface area contributed by atoms with E-state index in [2.05, 4.69) is 15.0 Å². The van der Waals surface area contributed by atoms with Crippen molar-refractivity contribution < 1.29 is 23.8 Å². The standard InChI is InChI=1S/C18H17N5O7/c1-10(24)29-15-14(21-22-19)12(9-28-17(26)11-5-3-2-4-6-11)30-16(15)23-8-7-13(25)20-18(23)27/h2-8,12,14-16H,9H2,1H3,(H,20,25,27). The Morgan fingerprint density at radius 2 is 2.00 bits per heavy atom. The highest BCUT2D eigenvalue weighted by molar-refractivity contribution is 5.89. The molecule has 2 aromatic rings. The molecule has 156 valence electrons. The number of azide groups is 1. The molecule has 0 bridgehead atoms. The van der Waals surface area contributed by atoms with Crippen molar-refractivity contribution in [2.24, 2.45) is 5.11 Å². The van der Waals surface area contributed by atoms with E-state index in [1.165, 1.54) is 0 Å². The summed E-state index contributed by atoms with van der Waals surface area (Å²) in [5.74, 6) is -1.33. The fraction of sp³-hybridized carbons (Fsp3) is 0.333. The third-order valence-corrected chi connectivity index (χ3v) is 4.31. The lowest BCUT2D eigenvalue weighted by molar-refractivity contribution is -0.153. The van der Waals surface area contributed by atoms with E-state index >= 15 is 0 Å². The highest BCUT2D eigenvalue weighted by Gasteiger charge is 2.48. The Kier molecular flexibility index (Phi) is 6.30. The number of rotatable bonds is 6. The molecule has 4 atom stereocenters. The number of hydrogen-bond donors (Lipinski definition) is 1. The van der Waals surface area contributed by atoms with Gasteiger partial charge in [0, 0.05) is 24.1 Å². The number of ether oxygens (including phenoxy) is 3. The Labute approximate surface area is 168 Å². The predicted molar refractivity (Wildman–Crippen MR) is 100 cm³/mol. The van der Waals surface area contributed by atoms with E-state index < -0.39 is 47.7 Å². The zero-order valence-corrected chi connectivity index (χ0v) is 15.7. The number of H-pyrrole nitrogens is 1. The summed E-state index contributed by atoms with van der Waals surface area (Å²) < 4.78 is 17.2. The van der Waals surface area contributed by atoms with Crippen LogP contribution in [0.2, 0.25) is 0 Å². The first-order valence-electron chi connectivity index (χ1n) is 8.81. The first kappa shape index (κ1) is 20.8. The molecule has 1 aliphatic heterocycles. The minimum atomic E-state index is -1.21. The van der Waals surface area contributed by atoms with Crippen LogP contribution in [0, 0.1) is 0 Å². The second-order valence-corrected chi connectivity index (χ2v) is 6.32. The average Bonchev–Trinajstić information content (AvgIpc) is 3.03. The number of aromatic amines is 1. The summed E-state index contributed by atoms with van der Waals surface area (Å²) in [4.78, 5) is 52.1. The van der Waals surface area contributed by atoms with Crippen LogP contribution in [-0.4, -0.2) is 46.3 Å². The molecule has 1 aromatic heterocycles. The van der Waals surface area contributed by atoms with Crippen molar-refractivity contribution in [2.45, 2.75) is 31.4 Å². The van der Waals surface area contributed by atoms with Gasteiger partial charge in [-0.2, -0.15) is 0 Å². The molecule has 1 aliphatic rings. The molecule has 2 heterocycles. The molecule has 4 unspecified atom stereocenters. The van der Waals surface area contributed by atoms with E-state index in [1.54, 1.807) is 30.3 Å². The molecule has 1 saturated heterocycles. The first-order valence-corrected chi connectivity index (χ1v) is 8.81. The average molecular weight is 415 g/mol. The van der Waals surface area contributed by atoms with Gasteiger partial charge in [-0.3, -0.25) is 19.1 Å². The summed E-state index contributed by atoms with van der Waals surface area (Å²) in [6.45, 7) is 0.812. The maximum atomic E-state index is 12.2. The smallest absolute Gasteiger partial charge is 0.338 e.